The number of nitrogens with one attached hydrogen (secondary N) is 2. The third-order valence-corrected chi connectivity index (χ3v) is 2.63. The van der Waals surface area contributed by atoms with Gasteiger partial charge in [0, 0.05) is 18.0 Å². The molecule has 0 unspecified atom stereocenters. The van der Waals surface area contributed by atoms with E-state index in [0.717, 1.165) is 0 Å². The van der Waals surface area contributed by atoms with Gasteiger partial charge in [-0.1, -0.05) is 29.8 Å². The van der Waals surface area contributed by atoms with Crippen molar-refractivity contribution in [2.45, 2.75) is 0 Å². The van der Waals surface area contributed by atoms with E-state index in [2.05, 4.69) is 20.6 Å². The summed E-state index contributed by atoms with van der Waals surface area (Å²) in [5.41, 5.74) is 0.511. The first-order valence-corrected chi connectivity index (χ1v) is 6.09. The third-order valence-electron chi connectivity index (χ3n) is 2.15. The number of thiocarbonyl (C=S) groups is 1. The van der Waals surface area contributed by atoms with Gasteiger partial charge in [0.2, 0.25) is 0 Å². The Labute approximate surface area is 120 Å². The largest absolute Gasteiger partial charge is 0.315 e. The van der Waals surface area contributed by atoms with Gasteiger partial charge in [-0.15, -0.1) is 0 Å². The van der Waals surface area contributed by atoms with Gasteiger partial charge in [-0.2, -0.15) is 0 Å². The summed E-state index contributed by atoms with van der Waals surface area (Å²) in [6, 6.07) is 8.74. The molecule has 0 atom stereocenters. The van der Waals surface area contributed by atoms with Crippen LogP contribution in [-0.2, 0) is 0 Å². The smallest absolute Gasteiger partial charge is 0.257 e. The van der Waals surface area contributed by atoms with E-state index in [9.17, 15) is 4.79 Å². The molecular weight excluding hydrogens is 284 g/mol. The number of nitrogens with zero attached hydrogens (tertiary/aromatic N) is 2. The fraction of sp³-hybridized carbons (Fsp3) is 0. The summed E-state index contributed by atoms with van der Waals surface area (Å²) in [5, 5.41) is 5.52. The fourth-order valence-corrected chi connectivity index (χ4v) is 1.65. The van der Waals surface area contributed by atoms with Gasteiger partial charge < -0.3 is 5.32 Å². The molecule has 1 aromatic heterocycles. The highest BCUT2D eigenvalue weighted by molar-refractivity contribution is 7.80. The van der Waals surface area contributed by atoms with Crippen molar-refractivity contribution in [2.24, 2.45) is 0 Å². The molecule has 2 rings (SSSR count). The number of amides is 1. The second-order valence-electron chi connectivity index (χ2n) is 3.47. The van der Waals surface area contributed by atoms with Crippen LogP contribution in [-0.4, -0.2) is 21.0 Å². The summed E-state index contributed by atoms with van der Waals surface area (Å²) < 4.78 is 0. The molecule has 96 valence electrons. The van der Waals surface area contributed by atoms with Crippen LogP contribution < -0.4 is 10.6 Å². The average molecular weight is 293 g/mol. The van der Waals surface area contributed by atoms with E-state index in [1.54, 1.807) is 24.3 Å². The van der Waals surface area contributed by atoms with Crippen molar-refractivity contribution in [1.82, 2.24) is 15.3 Å². The minimum Gasteiger partial charge on any atom is -0.315 e. The molecule has 1 amide bonds. The summed E-state index contributed by atoms with van der Waals surface area (Å²) in [4.78, 5) is 19.6. The van der Waals surface area contributed by atoms with Gasteiger partial charge in [0.1, 0.15) is 0 Å². The molecule has 0 aliphatic rings. The van der Waals surface area contributed by atoms with E-state index in [1.807, 2.05) is 6.07 Å². The van der Waals surface area contributed by atoms with E-state index in [1.165, 1.54) is 12.4 Å². The maximum Gasteiger partial charge on any atom is 0.257 e. The van der Waals surface area contributed by atoms with Crippen LogP contribution in [0.3, 0.4) is 0 Å². The number of hydrogen-bond donors (Lipinski definition) is 2. The molecule has 0 spiro atoms. The molecule has 5 nitrogen and oxygen atoms in total. The molecule has 0 saturated carbocycles. The molecule has 19 heavy (non-hydrogen) atoms. The maximum atomic E-state index is 11.8. The number of carbonyl (C=O) groups is 1. The van der Waals surface area contributed by atoms with E-state index < -0.39 is 0 Å². The van der Waals surface area contributed by atoms with Crippen molar-refractivity contribution in [2.75, 3.05) is 5.32 Å². The topological polar surface area (TPSA) is 66.9 Å². The quantitative estimate of drug-likeness (QED) is 0.831. The lowest BCUT2D eigenvalue weighted by Gasteiger charge is -2.09. The Morgan fingerprint density at radius 1 is 1.16 bits per heavy atom. The van der Waals surface area contributed by atoms with Crippen molar-refractivity contribution in [3.63, 3.8) is 0 Å². The molecule has 7 heteroatoms. The van der Waals surface area contributed by atoms with Gasteiger partial charge in [-0.05, 0) is 24.4 Å². The van der Waals surface area contributed by atoms with Crippen LogP contribution in [0.1, 0.15) is 10.4 Å². The van der Waals surface area contributed by atoms with Crippen LogP contribution in [0.25, 0.3) is 0 Å². The number of aromatic nitrogens is 2. The minimum absolute atomic E-state index is 0.108. The molecule has 1 heterocycles. The number of anilines is 1. The molecule has 0 bridgehead atoms. The molecule has 0 fully saturated rings. The fourth-order valence-electron chi connectivity index (χ4n) is 1.31. The standard InChI is InChI=1S/C12H9ClN4OS/c13-9-10(15-7-6-14-9)16-12(19)17-11(18)8-4-2-1-3-5-8/h1-7H,(H2,15,16,17,18,19). The monoisotopic (exact) mass is 292 g/mol. The summed E-state index contributed by atoms with van der Waals surface area (Å²) >= 11 is 10.8. The molecule has 2 N–H and O–H groups in total. The first-order valence-electron chi connectivity index (χ1n) is 5.30. The number of carbonyl (C=O) groups excluding carboxylic acids is 1. The highest BCUT2D eigenvalue weighted by Gasteiger charge is 2.09. The number of benzene rings is 1. The summed E-state index contributed by atoms with van der Waals surface area (Å²) in [6.45, 7) is 0. The first-order chi connectivity index (χ1) is 9.16. The molecule has 2 aromatic rings. The van der Waals surface area contributed by atoms with Crippen LogP contribution in [0.2, 0.25) is 5.15 Å². The molecule has 1 aromatic carbocycles. The highest BCUT2D eigenvalue weighted by Crippen LogP contribution is 2.13. The van der Waals surface area contributed by atoms with Gasteiger partial charge >= 0.3 is 0 Å². The predicted octanol–water partition coefficient (Wildman–Crippen LogP) is 2.26. The Kier molecular flexibility index (Phi) is 4.38. The predicted molar refractivity (Wildman–Crippen MR) is 77.2 cm³/mol. The van der Waals surface area contributed by atoms with Gasteiger partial charge in [0.15, 0.2) is 16.1 Å². The van der Waals surface area contributed by atoms with E-state index in [-0.39, 0.29) is 16.2 Å². The summed E-state index contributed by atoms with van der Waals surface area (Å²) in [5.74, 6) is -0.0133. The van der Waals surface area contributed by atoms with Crippen molar-refractivity contribution >= 4 is 40.7 Å². The van der Waals surface area contributed by atoms with Crippen molar-refractivity contribution in [3.8, 4) is 0 Å². The summed E-state index contributed by atoms with van der Waals surface area (Å²) in [7, 11) is 0. The number of rotatable bonds is 2. The molecule has 0 aliphatic heterocycles. The molecule has 0 radical (unpaired) electrons. The van der Waals surface area contributed by atoms with Crippen molar-refractivity contribution in [1.29, 1.82) is 0 Å². The Balaban J connectivity index is 1.99. The van der Waals surface area contributed by atoms with E-state index in [0.29, 0.717) is 11.4 Å². The van der Waals surface area contributed by atoms with Gasteiger partial charge in [0.25, 0.3) is 5.91 Å². The zero-order valence-electron chi connectivity index (χ0n) is 9.63. The average Bonchev–Trinajstić information content (AvgIpc) is 2.42. The van der Waals surface area contributed by atoms with E-state index in [4.69, 9.17) is 23.8 Å². The summed E-state index contributed by atoms with van der Waals surface area (Å²) in [6.07, 6.45) is 2.93. The van der Waals surface area contributed by atoms with Gasteiger partial charge in [-0.3, -0.25) is 10.1 Å². The Morgan fingerprint density at radius 2 is 1.84 bits per heavy atom. The molecule has 0 aliphatic carbocycles. The second kappa shape index (κ2) is 6.21. The Morgan fingerprint density at radius 3 is 2.53 bits per heavy atom. The SMILES string of the molecule is O=C(NC(=S)Nc1nccnc1Cl)c1ccccc1. The first kappa shape index (κ1) is 13.4. The lowest BCUT2D eigenvalue weighted by atomic mass is 10.2. The lowest BCUT2D eigenvalue weighted by Crippen LogP contribution is -2.34. The highest BCUT2D eigenvalue weighted by atomic mass is 35.5. The van der Waals surface area contributed by atoms with Crippen LogP contribution in [0, 0.1) is 0 Å². The second-order valence-corrected chi connectivity index (χ2v) is 4.24. The Hall–Kier alpha value is -2.05. The van der Waals surface area contributed by atoms with Crippen LogP contribution in [0.15, 0.2) is 42.7 Å². The maximum absolute atomic E-state index is 11.8. The third kappa shape index (κ3) is 3.70. The minimum atomic E-state index is -0.307. The lowest BCUT2D eigenvalue weighted by molar-refractivity contribution is 0.0978. The number of halogens is 1. The van der Waals surface area contributed by atoms with Crippen LogP contribution in [0.4, 0.5) is 5.82 Å². The zero-order chi connectivity index (χ0) is 13.7. The Bertz CT molecular complexity index is 606. The molecular formula is C12H9ClN4OS. The van der Waals surface area contributed by atoms with Crippen LogP contribution >= 0.6 is 23.8 Å². The van der Waals surface area contributed by atoms with Gasteiger partial charge in [0.05, 0.1) is 0 Å². The number of hydrogen-bond acceptors (Lipinski definition) is 4. The van der Waals surface area contributed by atoms with Crippen molar-refractivity contribution in [3.05, 3.63) is 53.4 Å². The zero-order valence-corrected chi connectivity index (χ0v) is 11.2. The van der Waals surface area contributed by atoms with Crippen molar-refractivity contribution < 1.29 is 4.79 Å². The van der Waals surface area contributed by atoms with E-state index >= 15 is 0 Å². The van der Waals surface area contributed by atoms with Crippen LogP contribution in [0.5, 0.6) is 0 Å². The van der Waals surface area contributed by atoms with Gasteiger partial charge in [-0.25, -0.2) is 9.97 Å². The normalized spacial score (nSPS) is 9.74. The molecule has 0 saturated heterocycles.